The lowest BCUT2D eigenvalue weighted by molar-refractivity contribution is -0.106. The van der Waals surface area contributed by atoms with E-state index >= 15 is 0 Å². The Morgan fingerprint density at radius 3 is 2.20 bits per heavy atom. The van der Waals surface area contributed by atoms with Crippen molar-refractivity contribution in [1.29, 1.82) is 0 Å². The minimum atomic E-state index is -0.958. The zero-order chi connectivity index (χ0) is 23.5. The first kappa shape index (κ1) is 28.3. The summed E-state index contributed by atoms with van der Waals surface area (Å²) in [4.78, 5) is 8.81. The molecule has 30 heavy (non-hydrogen) atoms. The molecule has 1 saturated carbocycles. The van der Waals surface area contributed by atoms with Crippen molar-refractivity contribution in [1.82, 2.24) is 0 Å². The molecule has 2 aliphatic rings. The predicted octanol–water partition coefficient (Wildman–Crippen LogP) is 7.11. The Bertz CT molecular complexity index is 709. The van der Waals surface area contributed by atoms with Crippen molar-refractivity contribution < 1.29 is 9.18 Å². The van der Waals surface area contributed by atoms with Crippen LogP contribution in [0.25, 0.3) is 12.2 Å². The van der Waals surface area contributed by atoms with E-state index in [4.69, 9.17) is 4.79 Å². The maximum absolute atomic E-state index is 12.1. The van der Waals surface area contributed by atoms with Gasteiger partial charge in [0.05, 0.1) is 0 Å². The molecule has 1 atom stereocenters. The molecule has 2 nitrogen and oxygen atoms in total. The molecular weight excluding hydrogens is 373 g/mol. The molecule has 1 aromatic rings. The third-order valence-electron chi connectivity index (χ3n) is 5.66. The Morgan fingerprint density at radius 2 is 1.80 bits per heavy atom. The molecule has 0 aliphatic heterocycles. The number of carbonyl (C=O) groups is 1. The van der Waals surface area contributed by atoms with Crippen LogP contribution in [-0.2, 0) is 17.6 Å². The SMILES string of the molecule is C=Cc1cc2c(c(C)c1/C=C(\C)C1CC1)CC(C)C2.CC=O.CCC(C)(C)F.CN. The summed E-state index contributed by atoms with van der Waals surface area (Å²) in [6, 6.07) is 2.38. The average molecular weight is 418 g/mol. The van der Waals surface area contributed by atoms with Gasteiger partial charge in [0, 0.05) is 0 Å². The molecule has 0 spiro atoms. The van der Waals surface area contributed by atoms with Crippen LogP contribution in [0.2, 0.25) is 0 Å². The maximum atomic E-state index is 12.1. The second-order valence-electron chi connectivity index (χ2n) is 8.83. The van der Waals surface area contributed by atoms with E-state index in [2.05, 4.69) is 45.2 Å². The summed E-state index contributed by atoms with van der Waals surface area (Å²) in [6.07, 6.45) is 11.1. The van der Waals surface area contributed by atoms with Gasteiger partial charge < -0.3 is 10.5 Å². The van der Waals surface area contributed by atoms with Crippen molar-refractivity contribution in [2.45, 2.75) is 86.2 Å². The second kappa shape index (κ2) is 13.5. The van der Waals surface area contributed by atoms with Crippen LogP contribution >= 0.6 is 0 Å². The smallest absolute Gasteiger partial charge is 0.116 e. The normalized spacial score (nSPS) is 17.3. The van der Waals surface area contributed by atoms with Crippen molar-refractivity contribution in [2.75, 3.05) is 7.05 Å². The van der Waals surface area contributed by atoms with Crippen LogP contribution in [0.15, 0.2) is 18.2 Å². The van der Waals surface area contributed by atoms with E-state index in [9.17, 15) is 4.39 Å². The number of fused-ring (bicyclic) bond motifs is 1. The number of benzene rings is 1. The van der Waals surface area contributed by atoms with Gasteiger partial charge in [0.15, 0.2) is 0 Å². The number of rotatable bonds is 4. The second-order valence-corrected chi connectivity index (χ2v) is 8.83. The highest BCUT2D eigenvalue weighted by atomic mass is 19.1. The van der Waals surface area contributed by atoms with E-state index in [0.29, 0.717) is 6.42 Å². The van der Waals surface area contributed by atoms with E-state index in [-0.39, 0.29) is 0 Å². The summed E-state index contributed by atoms with van der Waals surface area (Å²) in [5, 5.41) is 0. The van der Waals surface area contributed by atoms with Crippen molar-refractivity contribution in [3.05, 3.63) is 46.0 Å². The fraction of sp³-hybridized carbons (Fsp3) is 0.593. The maximum Gasteiger partial charge on any atom is 0.116 e. The Labute approximate surface area is 184 Å². The van der Waals surface area contributed by atoms with Crippen molar-refractivity contribution >= 4 is 18.4 Å². The molecule has 2 N–H and O–H groups in total. The summed E-state index contributed by atoms with van der Waals surface area (Å²) in [7, 11) is 1.50. The Hall–Kier alpha value is -1.74. The van der Waals surface area contributed by atoms with Gasteiger partial charge in [-0.1, -0.05) is 44.2 Å². The number of hydrogen-bond donors (Lipinski definition) is 1. The number of carbonyl (C=O) groups excluding carboxylic acids is 1. The molecule has 3 rings (SSSR count). The van der Waals surface area contributed by atoms with Crippen LogP contribution in [0.1, 0.15) is 88.6 Å². The number of halogens is 1. The van der Waals surface area contributed by atoms with Gasteiger partial charge in [-0.05, 0) is 113 Å². The standard InChI is InChI=1S/C19H24.C5H11F.C2H4O.CH5N/c1-5-15-11-17-8-12(2)9-18(17)14(4)19(15)10-13(3)16-6-7-16;1-4-5(2,3)6;1-2-3;1-2/h5,10-12,16H,1,6-9H2,2-4H3;4H2,1-3H3;2H,1H3;2H2,1H3/b13-10+;;;. The van der Waals surface area contributed by atoms with Crippen molar-refractivity contribution in [3.8, 4) is 0 Å². The largest absolute Gasteiger partial charge is 0.333 e. The van der Waals surface area contributed by atoms with Gasteiger partial charge in [0.2, 0.25) is 0 Å². The minimum absolute atomic E-state index is 0.604. The first-order valence-electron chi connectivity index (χ1n) is 11.2. The van der Waals surface area contributed by atoms with Crippen LogP contribution in [0.5, 0.6) is 0 Å². The first-order valence-corrected chi connectivity index (χ1v) is 11.2. The highest BCUT2D eigenvalue weighted by Gasteiger charge is 2.25. The summed E-state index contributed by atoms with van der Waals surface area (Å²) >= 11 is 0. The fourth-order valence-corrected chi connectivity index (χ4v) is 3.48. The molecule has 170 valence electrons. The zero-order valence-corrected chi connectivity index (χ0v) is 20.6. The Balaban J connectivity index is 0.000000646. The topological polar surface area (TPSA) is 43.1 Å². The van der Waals surface area contributed by atoms with Crippen LogP contribution < -0.4 is 5.73 Å². The lowest BCUT2D eigenvalue weighted by Crippen LogP contribution is -2.07. The Morgan fingerprint density at radius 1 is 1.30 bits per heavy atom. The van der Waals surface area contributed by atoms with Gasteiger partial charge in [-0.15, -0.1) is 0 Å². The highest BCUT2D eigenvalue weighted by molar-refractivity contribution is 5.71. The number of nitrogens with two attached hydrogens (primary N) is 1. The third kappa shape index (κ3) is 9.38. The summed E-state index contributed by atoms with van der Waals surface area (Å²) < 4.78 is 12.1. The molecule has 2 aliphatic carbocycles. The Kier molecular flexibility index (Phi) is 12.8. The van der Waals surface area contributed by atoms with E-state index < -0.39 is 5.67 Å². The monoisotopic (exact) mass is 417 g/mol. The van der Waals surface area contributed by atoms with E-state index in [1.165, 1.54) is 56.3 Å². The number of alkyl halides is 1. The molecule has 0 bridgehead atoms. The molecular formula is C27H44FNO. The van der Waals surface area contributed by atoms with Crippen LogP contribution in [0.3, 0.4) is 0 Å². The van der Waals surface area contributed by atoms with Crippen molar-refractivity contribution in [3.63, 3.8) is 0 Å². The molecule has 1 aromatic carbocycles. The van der Waals surface area contributed by atoms with Gasteiger partial charge in [0.25, 0.3) is 0 Å². The van der Waals surface area contributed by atoms with Gasteiger partial charge in [-0.25, -0.2) is 4.39 Å². The van der Waals surface area contributed by atoms with E-state index in [1.54, 1.807) is 30.5 Å². The third-order valence-corrected chi connectivity index (χ3v) is 5.66. The quantitative estimate of drug-likeness (QED) is 0.530. The van der Waals surface area contributed by atoms with E-state index in [0.717, 1.165) is 18.1 Å². The van der Waals surface area contributed by atoms with Crippen molar-refractivity contribution in [2.24, 2.45) is 17.6 Å². The first-order chi connectivity index (χ1) is 14.1. The van der Waals surface area contributed by atoms with Crippen LogP contribution in [0.4, 0.5) is 4.39 Å². The van der Waals surface area contributed by atoms with Gasteiger partial charge >= 0.3 is 0 Å². The fourth-order valence-electron chi connectivity index (χ4n) is 3.48. The number of allylic oxidation sites excluding steroid dienone is 1. The molecule has 0 radical (unpaired) electrons. The van der Waals surface area contributed by atoms with E-state index in [1.807, 2.05) is 13.0 Å². The molecule has 0 amide bonds. The molecule has 1 fully saturated rings. The minimum Gasteiger partial charge on any atom is -0.333 e. The molecule has 3 heteroatoms. The van der Waals surface area contributed by atoms with Crippen LogP contribution in [0, 0.1) is 18.8 Å². The lowest BCUT2D eigenvalue weighted by Gasteiger charge is -2.13. The summed E-state index contributed by atoms with van der Waals surface area (Å²) in [5.74, 6) is 1.65. The summed E-state index contributed by atoms with van der Waals surface area (Å²) in [6.45, 7) is 17.4. The van der Waals surface area contributed by atoms with Gasteiger partial charge in [0.1, 0.15) is 12.0 Å². The molecule has 0 heterocycles. The summed E-state index contributed by atoms with van der Waals surface area (Å²) in [5.41, 5.74) is 12.5. The predicted molar refractivity (Wildman–Crippen MR) is 132 cm³/mol. The number of aldehydes is 1. The van der Waals surface area contributed by atoms with Crippen LogP contribution in [-0.4, -0.2) is 19.0 Å². The van der Waals surface area contributed by atoms with Gasteiger partial charge in [-0.2, -0.15) is 0 Å². The number of hydrogen-bond acceptors (Lipinski definition) is 2. The molecule has 0 saturated heterocycles. The van der Waals surface area contributed by atoms with Gasteiger partial charge in [-0.3, -0.25) is 0 Å². The zero-order valence-electron chi connectivity index (χ0n) is 20.6. The average Bonchev–Trinajstić information content (AvgIpc) is 3.48. The lowest BCUT2D eigenvalue weighted by atomic mass is 9.92. The molecule has 1 unspecified atom stereocenters. The molecule has 0 aromatic heterocycles. The highest BCUT2D eigenvalue weighted by Crippen LogP contribution is 2.39.